The molecule has 2 aliphatic rings. The van der Waals surface area contributed by atoms with Gasteiger partial charge in [0.15, 0.2) is 0 Å². The first-order chi connectivity index (χ1) is 25.6. The number of allylic oxidation sites excluding steroid dienone is 4. The number of fused-ring (bicyclic) bond motifs is 9. The van der Waals surface area contributed by atoms with Gasteiger partial charge in [-0.3, -0.25) is 0 Å². The second-order valence-corrected chi connectivity index (χ2v) is 14.9. The molecular formula is C51H39N. The van der Waals surface area contributed by atoms with Crippen LogP contribution in [0.3, 0.4) is 0 Å². The quantitative estimate of drug-likeness (QED) is 0.165. The number of anilines is 3. The lowest BCUT2D eigenvalue weighted by atomic mass is 9.74. The van der Waals surface area contributed by atoms with Gasteiger partial charge >= 0.3 is 0 Å². The Labute approximate surface area is 305 Å². The van der Waals surface area contributed by atoms with E-state index in [-0.39, 0.29) is 5.41 Å². The molecule has 1 nitrogen and oxygen atoms in total. The maximum Gasteiger partial charge on any atom is 0.0464 e. The molecule has 2 aliphatic carbocycles. The smallest absolute Gasteiger partial charge is 0.0464 e. The zero-order valence-corrected chi connectivity index (χ0v) is 29.5. The number of rotatable bonds is 5. The molecule has 0 saturated heterocycles. The molecule has 0 saturated carbocycles. The van der Waals surface area contributed by atoms with Gasteiger partial charge in [0, 0.05) is 23.0 Å². The first kappa shape index (κ1) is 30.6. The summed E-state index contributed by atoms with van der Waals surface area (Å²) in [6, 6.07) is 60.4. The summed E-state index contributed by atoms with van der Waals surface area (Å²) in [6.07, 6.45) is 9.21. The topological polar surface area (TPSA) is 3.24 Å². The Morgan fingerprint density at radius 1 is 0.442 bits per heavy atom. The standard InChI is InChI=1S/C51H39N/c1-51(2)48-25-11-10-21-44(48)45-31-30-39(33-49(45)51)52(37-16-4-3-5-17-37)38-28-26-34(27-29-38)35-14-12-15-36(32-35)40-23-13-24-47-43-19-7-6-18-41(43)42-20-8-9-22-46(42)50(40)47/h3-33,44,48H,1-2H3. The summed E-state index contributed by atoms with van der Waals surface area (Å²) < 4.78 is 0. The van der Waals surface area contributed by atoms with E-state index in [9.17, 15) is 0 Å². The fourth-order valence-corrected chi connectivity index (χ4v) is 9.20. The first-order valence-electron chi connectivity index (χ1n) is 18.4. The molecule has 0 fully saturated rings. The summed E-state index contributed by atoms with van der Waals surface area (Å²) in [5.41, 5.74) is 11.3. The Kier molecular flexibility index (Phi) is 7.05. The third-order valence-corrected chi connectivity index (χ3v) is 11.7. The van der Waals surface area contributed by atoms with Crippen LogP contribution >= 0.6 is 0 Å². The molecule has 0 amide bonds. The van der Waals surface area contributed by atoms with Crippen LogP contribution in [-0.4, -0.2) is 0 Å². The molecule has 8 aromatic carbocycles. The third-order valence-electron chi connectivity index (χ3n) is 11.7. The van der Waals surface area contributed by atoms with Gasteiger partial charge in [0.05, 0.1) is 0 Å². The maximum atomic E-state index is 2.44. The van der Waals surface area contributed by atoms with Crippen LogP contribution in [0.5, 0.6) is 0 Å². The average molecular weight is 666 g/mol. The van der Waals surface area contributed by atoms with E-state index in [2.05, 4.69) is 207 Å². The van der Waals surface area contributed by atoms with Gasteiger partial charge < -0.3 is 4.90 Å². The summed E-state index contributed by atoms with van der Waals surface area (Å²) in [6.45, 7) is 4.81. The number of hydrogen-bond donors (Lipinski definition) is 0. The Hall–Kier alpha value is -6.18. The fourth-order valence-electron chi connectivity index (χ4n) is 9.20. The highest BCUT2D eigenvalue weighted by molar-refractivity contribution is 6.28. The van der Waals surface area contributed by atoms with E-state index < -0.39 is 0 Å². The van der Waals surface area contributed by atoms with E-state index in [1.807, 2.05) is 0 Å². The first-order valence-corrected chi connectivity index (χ1v) is 18.4. The normalized spacial score (nSPS) is 17.0. The van der Waals surface area contributed by atoms with Crippen molar-refractivity contribution in [3.8, 4) is 22.3 Å². The van der Waals surface area contributed by atoms with E-state index >= 15 is 0 Å². The van der Waals surface area contributed by atoms with Crippen LogP contribution in [0.1, 0.15) is 30.9 Å². The van der Waals surface area contributed by atoms with E-state index in [4.69, 9.17) is 0 Å². The van der Waals surface area contributed by atoms with Gasteiger partial charge in [-0.2, -0.15) is 0 Å². The zero-order valence-electron chi connectivity index (χ0n) is 29.5. The predicted octanol–water partition coefficient (Wildman–Crippen LogP) is 14.1. The van der Waals surface area contributed by atoms with Crippen LogP contribution in [0, 0.1) is 5.92 Å². The molecule has 0 spiro atoms. The van der Waals surface area contributed by atoms with Crippen molar-refractivity contribution in [1.82, 2.24) is 0 Å². The molecule has 0 radical (unpaired) electrons. The van der Waals surface area contributed by atoms with Crippen molar-refractivity contribution >= 4 is 49.4 Å². The molecule has 0 bridgehead atoms. The molecule has 0 aliphatic heterocycles. The summed E-state index contributed by atoms with van der Waals surface area (Å²) in [5.74, 6) is 0.922. The molecule has 0 N–H and O–H groups in total. The van der Waals surface area contributed by atoms with Crippen molar-refractivity contribution in [3.63, 3.8) is 0 Å². The Balaban J connectivity index is 1.05. The molecule has 52 heavy (non-hydrogen) atoms. The van der Waals surface area contributed by atoms with Crippen molar-refractivity contribution in [2.45, 2.75) is 25.2 Å². The van der Waals surface area contributed by atoms with Crippen molar-refractivity contribution in [2.75, 3.05) is 4.90 Å². The Bertz CT molecular complexity index is 2670. The molecule has 248 valence electrons. The molecular weight excluding hydrogens is 627 g/mol. The second-order valence-electron chi connectivity index (χ2n) is 14.9. The molecule has 0 heterocycles. The predicted molar refractivity (Wildman–Crippen MR) is 222 cm³/mol. The zero-order chi connectivity index (χ0) is 34.8. The van der Waals surface area contributed by atoms with E-state index in [1.54, 1.807) is 0 Å². The number of nitrogens with zero attached hydrogens (tertiary/aromatic N) is 1. The monoisotopic (exact) mass is 665 g/mol. The molecule has 1 heteroatoms. The van der Waals surface area contributed by atoms with Crippen LogP contribution in [0.15, 0.2) is 188 Å². The molecule has 10 rings (SSSR count). The fraction of sp³-hybridized carbons (Fsp3) is 0.0980. The summed E-state index contributed by atoms with van der Waals surface area (Å²) in [7, 11) is 0. The van der Waals surface area contributed by atoms with Crippen molar-refractivity contribution in [2.24, 2.45) is 5.92 Å². The average Bonchev–Trinajstić information content (AvgIpc) is 3.44. The van der Waals surface area contributed by atoms with E-state index in [1.165, 1.54) is 71.4 Å². The lowest BCUT2D eigenvalue weighted by Crippen LogP contribution is -2.24. The largest absolute Gasteiger partial charge is 0.310 e. The van der Waals surface area contributed by atoms with Crippen LogP contribution in [0.4, 0.5) is 17.1 Å². The van der Waals surface area contributed by atoms with Crippen LogP contribution in [0.25, 0.3) is 54.6 Å². The molecule has 2 atom stereocenters. The van der Waals surface area contributed by atoms with Crippen molar-refractivity contribution in [3.05, 3.63) is 199 Å². The highest BCUT2D eigenvalue weighted by Crippen LogP contribution is 2.54. The number of hydrogen-bond acceptors (Lipinski definition) is 1. The van der Waals surface area contributed by atoms with Gasteiger partial charge in [-0.25, -0.2) is 0 Å². The molecule has 8 aromatic rings. The van der Waals surface area contributed by atoms with Crippen molar-refractivity contribution in [1.29, 1.82) is 0 Å². The van der Waals surface area contributed by atoms with Crippen LogP contribution < -0.4 is 4.90 Å². The summed E-state index contributed by atoms with van der Waals surface area (Å²) in [5, 5.41) is 7.80. The van der Waals surface area contributed by atoms with Gasteiger partial charge in [0.1, 0.15) is 0 Å². The minimum atomic E-state index is 0.0535. The lowest BCUT2D eigenvalue weighted by molar-refractivity contribution is 0.394. The third kappa shape index (κ3) is 4.77. The van der Waals surface area contributed by atoms with Crippen molar-refractivity contribution < 1.29 is 0 Å². The van der Waals surface area contributed by atoms with Gasteiger partial charge in [-0.15, -0.1) is 0 Å². The second kappa shape index (κ2) is 12.0. The highest BCUT2D eigenvalue weighted by atomic mass is 15.1. The SMILES string of the molecule is CC1(C)c2cc(N(c3ccccc3)c3ccc(-c4cccc(-c5cccc6c7ccccc7c7ccccc7c56)c4)cc3)ccc2C2C=CC=CC21. The molecule has 2 unspecified atom stereocenters. The Morgan fingerprint density at radius 3 is 1.77 bits per heavy atom. The summed E-state index contributed by atoms with van der Waals surface area (Å²) in [4.78, 5) is 2.40. The van der Waals surface area contributed by atoms with E-state index in [0.29, 0.717) is 11.8 Å². The van der Waals surface area contributed by atoms with Gasteiger partial charge in [-0.1, -0.05) is 159 Å². The van der Waals surface area contributed by atoms with Crippen LogP contribution in [0.2, 0.25) is 0 Å². The highest BCUT2D eigenvalue weighted by Gasteiger charge is 2.44. The van der Waals surface area contributed by atoms with Gasteiger partial charge in [0.2, 0.25) is 0 Å². The minimum absolute atomic E-state index is 0.0535. The Morgan fingerprint density at radius 2 is 1.02 bits per heavy atom. The molecule has 0 aromatic heterocycles. The van der Waals surface area contributed by atoms with Gasteiger partial charge in [0.25, 0.3) is 0 Å². The number of para-hydroxylation sites is 1. The maximum absolute atomic E-state index is 2.44. The van der Waals surface area contributed by atoms with Gasteiger partial charge in [-0.05, 0) is 119 Å². The minimum Gasteiger partial charge on any atom is -0.310 e. The summed E-state index contributed by atoms with van der Waals surface area (Å²) >= 11 is 0. The lowest BCUT2D eigenvalue weighted by Gasteiger charge is -2.30. The number of benzene rings is 8. The van der Waals surface area contributed by atoms with E-state index in [0.717, 1.165) is 11.4 Å². The van der Waals surface area contributed by atoms with Crippen LogP contribution in [-0.2, 0) is 5.41 Å².